The largest absolute Gasteiger partial charge is 0.338 e. The van der Waals surface area contributed by atoms with E-state index in [0.717, 1.165) is 29.8 Å². The first kappa shape index (κ1) is 15.6. The number of thiophene rings is 1. The molecular weight excluding hydrogens is 308 g/mol. The molecule has 3 rings (SSSR count). The molecule has 0 bridgehead atoms. The number of amides is 2. The summed E-state index contributed by atoms with van der Waals surface area (Å²) in [4.78, 5) is 17.8. The number of para-hydroxylation sites is 2. The van der Waals surface area contributed by atoms with Crippen LogP contribution in [0.4, 0.5) is 4.79 Å². The van der Waals surface area contributed by atoms with Gasteiger partial charge >= 0.3 is 6.03 Å². The zero-order chi connectivity index (χ0) is 16.1. The van der Waals surface area contributed by atoms with Gasteiger partial charge in [0.2, 0.25) is 0 Å². The number of urea groups is 1. The van der Waals surface area contributed by atoms with Gasteiger partial charge in [0.15, 0.2) is 0 Å². The zero-order valence-corrected chi connectivity index (χ0v) is 13.9. The van der Waals surface area contributed by atoms with E-state index in [1.165, 1.54) is 4.88 Å². The minimum Gasteiger partial charge on any atom is -0.338 e. The van der Waals surface area contributed by atoms with E-state index in [0.29, 0.717) is 13.1 Å². The highest BCUT2D eigenvalue weighted by molar-refractivity contribution is 7.09. The third-order valence-corrected chi connectivity index (χ3v) is 4.63. The summed E-state index contributed by atoms with van der Waals surface area (Å²) in [7, 11) is 0. The van der Waals surface area contributed by atoms with Crippen molar-refractivity contribution in [2.45, 2.75) is 26.4 Å². The van der Waals surface area contributed by atoms with Crippen LogP contribution in [-0.4, -0.2) is 22.1 Å². The van der Waals surface area contributed by atoms with Gasteiger partial charge in [0.1, 0.15) is 5.82 Å². The Labute approximate surface area is 139 Å². The van der Waals surface area contributed by atoms with Crippen molar-refractivity contribution in [2.24, 2.45) is 0 Å². The molecule has 5 nitrogen and oxygen atoms in total. The molecule has 0 atom stereocenters. The van der Waals surface area contributed by atoms with Gasteiger partial charge in [0.25, 0.3) is 0 Å². The molecule has 2 aromatic heterocycles. The van der Waals surface area contributed by atoms with Gasteiger partial charge in [-0.15, -0.1) is 11.3 Å². The second-order valence-corrected chi connectivity index (χ2v) is 6.23. The van der Waals surface area contributed by atoms with Crippen LogP contribution in [0.3, 0.4) is 0 Å². The number of rotatable bonds is 6. The molecule has 0 aliphatic heterocycles. The van der Waals surface area contributed by atoms with Crippen LogP contribution in [-0.2, 0) is 19.5 Å². The van der Waals surface area contributed by atoms with Gasteiger partial charge in [0, 0.05) is 18.0 Å². The van der Waals surface area contributed by atoms with Gasteiger partial charge in [-0.3, -0.25) is 0 Å². The summed E-state index contributed by atoms with van der Waals surface area (Å²) in [6, 6.07) is 12.0. The topological polar surface area (TPSA) is 59.0 Å². The van der Waals surface area contributed by atoms with Crippen LogP contribution in [0.5, 0.6) is 0 Å². The first-order valence-corrected chi connectivity index (χ1v) is 8.64. The SMILES string of the molecule is CCn1c(CNC(=O)NCCc2cccs2)nc2ccccc21. The van der Waals surface area contributed by atoms with Crippen LogP contribution in [0.2, 0.25) is 0 Å². The highest BCUT2D eigenvalue weighted by Crippen LogP contribution is 2.15. The van der Waals surface area contributed by atoms with Gasteiger partial charge < -0.3 is 15.2 Å². The van der Waals surface area contributed by atoms with Gasteiger partial charge in [0.05, 0.1) is 17.6 Å². The number of nitrogens with zero attached hydrogens (tertiary/aromatic N) is 2. The number of fused-ring (bicyclic) bond motifs is 1. The Bertz CT molecular complexity index is 779. The maximum Gasteiger partial charge on any atom is 0.315 e. The number of imidazole rings is 1. The van der Waals surface area contributed by atoms with E-state index >= 15 is 0 Å². The number of hydrogen-bond donors (Lipinski definition) is 2. The Morgan fingerprint density at radius 3 is 2.87 bits per heavy atom. The minimum absolute atomic E-state index is 0.156. The first-order valence-electron chi connectivity index (χ1n) is 7.76. The summed E-state index contributed by atoms with van der Waals surface area (Å²) in [5, 5.41) is 7.81. The number of nitrogens with one attached hydrogen (secondary N) is 2. The van der Waals surface area contributed by atoms with Crippen LogP contribution >= 0.6 is 11.3 Å². The van der Waals surface area contributed by atoms with Gasteiger partial charge in [-0.05, 0) is 36.9 Å². The van der Waals surface area contributed by atoms with Crippen LogP contribution in [0.15, 0.2) is 41.8 Å². The lowest BCUT2D eigenvalue weighted by Gasteiger charge is -2.09. The van der Waals surface area contributed by atoms with Gasteiger partial charge in [-0.2, -0.15) is 0 Å². The summed E-state index contributed by atoms with van der Waals surface area (Å²) in [6.45, 7) is 3.97. The van der Waals surface area contributed by atoms with Gasteiger partial charge in [-0.1, -0.05) is 18.2 Å². The van der Waals surface area contributed by atoms with Crippen molar-refractivity contribution < 1.29 is 4.79 Å². The van der Waals surface area contributed by atoms with Crippen LogP contribution in [0.25, 0.3) is 11.0 Å². The lowest BCUT2D eigenvalue weighted by atomic mass is 10.3. The Morgan fingerprint density at radius 1 is 1.22 bits per heavy atom. The predicted octanol–water partition coefficient (Wildman–Crippen LogP) is 3.16. The Kier molecular flexibility index (Phi) is 4.92. The Morgan fingerprint density at radius 2 is 2.09 bits per heavy atom. The van der Waals surface area contributed by atoms with E-state index < -0.39 is 0 Å². The van der Waals surface area contributed by atoms with Crippen LogP contribution < -0.4 is 10.6 Å². The zero-order valence-electron chi connectivity index (χ0n) is 13.1. The minimum atomic E-state index is -0.156. The number of carbonyl (C=O) groups excluding carboxylic acids is 1. The maximum absolute atomic E-state index is 11.9. The van der Waals surface area contributed by atoms with Crippen LogP contribution in [0.1, 0.15) is 17.6 Å². The summed E-state index contributed by atoms with van der Waals surface area (Å²) in [6.07, 6.45) is 0.860. The molecule has 2 amide bonds. The highest BCUT2D eigenvalue weighted by Gasteiger charge is 2.09. The predicted molar refractivity (Wildman–Crippen MR) is 93.7 cm³/mol. The summed E-state index contributed by atoms with van der Waals surface area (Å²) in [5.41, 5.74) is 2.06. The van der Waals surface area contributed by atoms with Crippen molar-refractivity contribution in [3.05, 3.63) is 52.5 Å². The smallest absolute Gasteiger partial charge is 0.315 e. The quantitative estimate of drug-likeness (QED) is 0.730. The molecular formula is C17H20N4OS. The fourth-order valence-corrected chi connectivity index (χ4v) is 3.30. The second kappa shape index (κ2) is 7.28. The number of benzene rings is 1. The first-order chi connectivity index (χ1) is 11.3. The lowest BCUT2D eigenvalue weighted by Crippen LogP contribution is -2.36. The van der Waals surface area contributed by atoms with E-state index in [9.17, 15) is 4.79 Å². The third-order valence-electron chi connectivity index (χ3n) is 3.69. The summed E-state index contributed by atoms with van der Waals surface area (Å²) < 4.78 is 2.13. The molecule has 0 saturated heterocycles. The van der Waals surface area contributed by atoms with E-state index in [1.54, 1.807) is 11.3 Å². The van der Waals surface area contributed by atoms with Crippen molar-refractivity contribution in [2.75, 3.05) is 6.54 Å². The standard InChI is InChI=1S/C17H20N4OS/c1-2-21-15-8-4-3-7-14(15)20-16(21)12-19-17(22)18-10-9-13-6-5-11-23-13/h3-8,11H,2,9-10,12H2,1H3,(H2,18,19,22). The molecule has 120 valence electrons. The fourth-order valence-electron chi connectivity index (χ4n) is 2.59. The molecule has 1 aromatic carbocycles. The number of carbonyl (C=O) groups is 1. The van der Waals surface area contributed by atoms with Crippen molar-refractivity contribution in [3.8, 4) is 0 Å². The molecule has 2 heterocycles. The Hall–Kier alpha value is -2.34. The summed E-state index contributed by atoms with van der Waals surface area (Å²) in [5.74, 6) is 0.877. The molecule has 6 heteroatoms. The normalized spacial score (nSPS) is 10.8. The average molecular weight is 328 g/mol. The molecule has 0 radical (unpaired) electrons. The third kappa shape index (κ3) is 3.71. The highest BCUT2D eigenvalue weighted by atomic mass is 32.1. The molecule has 0 aliphatic carbocycles. The molecule has 0 spiro atoms. The van der Waals surface area contributed by atoms with Crippen molar-refractivity contribution in [3.63, 3.8) is 0 Å². The molecule has 2 N–H and O–H groups in total. The van der Waals surface area contributed by atoms with Crippen molar-refractivity contribution in [1.82, 2.24) is 20.2 Å². The molecule has 3 aromatic rings. The number of hydrogen-bond acceptors (Lipinski definition) is 3. The second-order valence-electron chi connectivity index (χ2n) is 5.20. The molecule has 0 unspecified atom stereocenters. The van der Waals surface area contributed by atoms with Crippen molar-refractivity contribution in [1.29, 1.82) is 0 Å². The maximum atomic E-state index is 11.9. The molecule has 0 aliphatic rings. The molecule has 0 fully saturated rings. The molecule has 23 heavy (non-hydrogen) atoms. The number of aromatic nitrogens is 2. The van der Waals surface area contributed by atoms with E-state index in [1.807, 2.05) is 29.6 Å². The van der Waals surface area contributed by atoms with E-state index in [4.69, 9.17) is 0 Å². The lowest BCUT2D eigenvalue weighted by molar-refractivity contribution is 0.240. The van der Waals surface area contributed by atoms with E-state index in [-0.39, 0.29) is 6.03 Å². The Balaban J connectivity index is 1.54. The van der Waals surface area contributed by atoms with E-state index in [2.05, 4.69) is 39.2 Å². The monoisotopic (exact) mass is 328 g/mol. The van der Waals surface area contributed by atoms with Gasteiger partial charge in [-0.25, -0.2) is 9.78 Å². The summed E-state index contributed by atoms with van der Waals surface area (Å²) >= 11 is 1.71. The number of aryl methyl sites for hydroxylation is 1. The fraction of sp³-hybridized carbons (Fsp3) is 0.294. The van der Waals surface area contributed by atoms with Crippen LogP contribution in [0, 0.1) is 0 Å². The van der Waals surface area contributed by atoms with Crippen molar-refractivity contribution >= 4 is 28.4 Å². The molecule has 0 saturated carbocycles. The average Bonchev–Trinajstić information content (AvgIpc) is 3.19.